The number of pyridine rings is 1. The van der Waals surface area contributed by atoms with Crippen LogP contribution in [0.3, 0.4) is 0 Å². The van der Waals surface area contributed by atoms with Gasteiger partial charge in [0.05, 0.1) is 10.5 Å². The first kappa shape index (κ1) is 16.9. The number of aliphatic imine (C=N–C) groups is 1. The van der Waals surface area contributed by atoms with Gasteiger partial charge < -0.3 is 11.5 Å². The second kappa shape index (κ2) is 6.49. The Morgan fingerprint density at radius 1 is 1.24 bits per heavy atom. The van der Waals surface area contributed by atoms with Crippen molar-refractivity contribution in [2.24, 2.45) is 16.5 Å². The molecular weight excluding hydrogens is 343 g/mol. The Morgan fingerprint density at radius 2 is 2.00 bits per heavy atom. The van der Waals surface area contributed by atoms with Gasteiger partial charge in [0.2, 0.25) is 0 Å². The molecule has 0 aliphatic carbocycles. The predicted octanol–water partition coefficient (Wildman–Crippen LogP) is 3.42. The summed E-state index contributed by atoms with van der Waals surface area (Å²) in [6.45, 7) is 1.84. The first-order chi connectivity index (χ1) is 11.9. The number of carbonyl (C=O) groups is 1. The molecule has 0 aliphatic heterocycles. The standard InChI is InChI=1S/C18H14ClFN4O/c1-9-8-23-14-6-5-10(17(25)24-18(21)22)7-12(14)15(9)11-3-2-4-13(20)16(11)19/h2-8H,1H3,(H4,21,22,24,25). The summed E-state index contributed by atoms with van der Waals surface area (Å²) in [7, 11) is 0. The molecule has 2 aromatic carbocycles. The van der Waals surface area contributed by atoms with Crippen LogP contribution < -0.4 is 11.5 Å². The van der Waals surface area contributed by atoms with E-state index in [1.54, 1.807) is 36.5 Å². The van der Waals surface area contributed by atoms with Crippen molar-refractivity contribution in [2.75, 3.05) is 0 Å². The van der Waals surface area contributed by atoms with E-state index in [2.05, 4.69) is 9.98 Å². The molecule has 0 saturated heterocycles. The van der Waals surface area contributed by atoms with Crippen LogP contribution in [0, 0.1) is 12.7 Å². The Balaban J connectivity index is 2.31. The van der Waals surface area contributed by atoms with Crippen LogP contribution in [-0.2, 0) is 0 Å². The zero-order valence-electron chi connectivity index (χ0n) is 13.3. The van der Waals surface area contributed by atoms with Crippen LogP contribution in [0.25, 0.3) is 22.0 Å². The average Bonchev–Trinajstić information content (AvgIpc) is 2.57. The van der Waals surface area contributed by atoms with Crippen LogP contribution in [0.4, 0.5) is 4.39 Å². The number of fused-ring (bicyclic) bond motifs is 1. The summed E-state index contributed by atoms with van der Waals surface area (Å²) in [5, 5.41) is 0.670. The van der Waals surface area contributed by atoms with Gasteiger partial charge in [-0.1, -0.05) is 23.7 Å². The molecule has 0 radical (unpaired) electrons. The molecule has 25 heavy (non-hydrogen) atoms. The molecule has 1 heterocycles. The first-order valence-corrected chi connectivity index (χ1v) is 7.74. The van der Waals surface area contributed by atoms with E-state index in [0.29, 0.717) is 27.6 Å². The summed E-state index contributed by atoms with van der Waals surface area (Å²) < 4.78 is 13.9. The maximum absolute atomic E-state index is 13.9. The van der Waals surface area contributed by atoms with Gasteiger partial charge in [0.25, 0.3) is 5.91 Å². The number of hydrogen-bond acceptors (Lipinski definition) is 2. The maximum Gasteiger partial charge on any atom is 0.280 e. The molecule has 126 valence electrons. The van der Waals surface area contributed by atoms with Crippen molar-refractivity contribution in [3.8, 4) is 11.1 Å². The first-order valence-electron chi connectivity index (χ1n) is 7.36. The Hall–Kier alpha value is -2.99. The molecule has 0 aliphatic rings. The fraction of sp³-hybridized carbons (Fsp3) is 0.0556. The third-order valence-corrected chi connectivity index (χ3v) is 4.14. The second-order valence-electron chi connectivity index (χ2n) is 5.49. The van der Waals surface area contributed by atoms with Gasteiger partial charge in [-0.25, -0.2) is 4.39 Å². The average molecular weight is 357 g/mol. The van der Waals surface area contributed by atoms with E-state index in [-0.39, 0.29) is 11.0 Å². The van der Waals surface area contributed by atoms with E-state index in [4.69, 9.17) is 23.1 Å². The minimum absolute atomic E-state index is 0.0130. The minimum Gasteiger partial charge on any atom is -0.370 e. The lowest BCUT2D eigenvalue weighted by Gasteiger charge is -2.12. The molecule has 1 aromatic heterocycles. The Morgan fingerprint density at radius 3 is 2.72 bits per heavy atom. The van der Waals surface area contributed by atoms with E-state index >= 15 is 0 Å². The number of carbonyl (C=O) groups excluding carboxylic acids is 1. The van der Waals surface area contributed by atoms with E-state index < -0.39 is 11.7 Å². The number of nitrogens with two attached hydrogens (primary N) is 2. The number of rotatable bonds is 2. The molecule has 0 unspecified atom stereocenters. The quantitative estimate of drug-likeness (QED) is 0.543. The van der Waals surface area contributed by atoms with Crippen molar-refractivity contribution in [1.82, 2.24) is 4.98 Å². The third kappa shape index (κ3) is 3.16. The lowest BCUT2D eigenvalue weighted by atomic mass is 9.96. The molecular formula is C18H14ClFN4O. The molecule has 0 atom stereocenters. The Kier molecular flexibility index (Phi) is 4.37. The van der Waals surface area contributed by atoms with Crippen LogP contribution in [0.5, 0.6) is 0 Å². The number of guanidine groups is 1. The van der Waals surface area contributed by atoms with Crippen molar-refractivity contribution in [3.63, 3.8) is 0 Å². The molecule has 0 saturated carbocycles. The highest BCUT2D eigenvalue weighted by Crippen LogP contribution is 2.36. The number of nitrogens with zero attached hydrogens (tertiary/aromatic N) is 2. The van der Waals surface area contributed by atoms with Gasteiger partial charge in [0, 0.05) is 22.7 Å². The summed E-state index contributed by atoms with van der Waals surface area (Å²) in [4.78, 5) is 20.0. The van der Waals surface area contributed by atoms with Gasteiger partial charge in [-0.2, -0.15) is 4.99 Å². The second-order valence-corrected chi connectivity index (χ2v) is 5.87. The van der Waals surface area contributed by atoms with Crippen LogP contribution in [0.1, 0.15) is 15.9 Å². The number of halogens is 2. The van der Waals surface area contributed by atoms with Crippen LogP contribution in [0.2, 0.25) is 5.02 Å². The number of amides is 1. The Labute approximate surface area is 148 Å². The molecule has 3 aromatic rings. The largest absolute Gasteiger partial charge is 0.370 e. The number of aryl methyl sites for hydroxylation is 1. The van der Waals surface area contributed by atoms with Gasteiger partial charge >= 0.3 is 0 Å². The predicted molar refractivity (Wildman–Crippen MR) is 97.0 cm³/mol. The molecule has 7 heteroatoms. The van der Waals surface area contributed by atoms with Gasteiger partial charge in [-0.3, -0.25) is 9.78 Å². The lowest BCUT2D eigenvalue weighted by molar-refractivity contribution is 0.100. The fourth-order valence-corrected chi connectivity index (χ4v) is 2.88. The van der Waals surface area contributed by atoms with E-state index in [0.717, 1.165) is 5.56 Å². The van der Waals surface area contributed by atoms with E-state index in [9.17, 15) is 9.18 Å². The van der Waals surface area contributed by atoms with Gasteiger partial charge in [-0.15, -0.1) is 0 Å². The number of hydrogen-bond donors (Lipinski definition) is 2. The molecule has 4 N–H and O–H groups in total. The van der Waals surface area contributed by atoms with Gasteiger partial charge in [0.1, 0.15) is 5.82 Å². The highest BCUT2D eigenvalue weighted by molar-refractivity contribution is 6.34. The summed E-state index contributed by atoms with van der Waals surface area (Å²) in [6, 6.07) is 9.48. The van der Waals surface area contributed by atoms with E-state index in [1.165, 1.54) is 6.07 Å². The van der Waals surface area contributed by atoms with Crippen molar-refractivity contribution in [2.45, 2.75) is 6.92 Å². The van der Waals surface area contributed by atoms with Crippen LogP contribution in [0.15, 0.2) is 47.6 Å². The van der Waals surface area contributed by atoms with Crippen molar-refractivity contribution >= 4 is 34.4 Å². The third-order valence-electron chi connectivity index (χ3n) is 3.76. The van der Waals surface area contributed by atoms with Crippen molar-refractivity contribution in [1.29, 1.82) is 0 Å². The zero-order valence-corrected chi connectivity index (χ0v) is 14.0. The van der Waals surface area contributed by atoms with Gasteiger partial charge in [-0.05, 0) is 42.3 Å². The maximum atomic E-state index is 13.9. The molecule has 0 spiro atoms. The SMILES string of the molecule is Cc1cnc2ccc(C(=O)N=C(N)N)cc2c1-c1cccc(F)c1Cl. The molecule has 5 nitrogen and oxygen atoms in total. The highest BCUT2D eigenvalue weighted by Gasteiger charge is 2.16. The summed E-state index contributed by atoms with van der Waals surface area (Å²) in [5.41, 5.74) is 13.5. The van der Waals surface area contributed by atoms with Crippen LogP contribution >= 0.6 is 11.6 Å². The van der Waals surface area contributed by atoms with Crippen LogP contribution in [-0.4, -0.2) is 16.9 Å². The van der Waals surface area contributed by atoms with E-state index in [1.807, 2.05) is 6.92 Å². The minimum atomic E-state index is -0.570. The molecule has 0 bridgehead atoms. The smallest absolute Gasteiger partial charge is 0.280 e. The monoisotopic (exact) mass is 356 g/mol. The summed E-state index contributed by atoms with van der Waals surface area (Å²) in [6.07, 6.45) is 1.68. The van der Waals surface area contributed by atoms with Crippen molar-refractivity contribution < 1.29 is 9.18 Å². The van der Waals surface area contributed by atoms with Crippen molar-refractivity contribution in [3.05, 3.63) is 64.6 Å². The summed E-state index contributed by atoms with van der Waals surface area (Å²) in [5.74, 6) is -1.41. The lowest BCUT2D eigenvalue weighted by Crippen LogP contribution is -2.24. The normalized spacial score (nSPS) is 10.7. The number of aromatic nitrogens is 1. The molecule has 0 fully saturated rings. The summed E-state index contributed by atoms with van der Waals surface area (Å²) >= 11 is 6.15. The zero-order chi connectivity index (χ0) is 18.1. The number of benzene rings is 2. The molecule has 3 rings (SSSR count). The van der Waals surface area contributed by atoms with Gasteiger partial charge in [0.15, 0.2) is 5.96 Å². The highest BCUT2D eigenvalue weighted by atomic mass is 35.5. The Bertz CT molecular complexity index is 1030. The topological polar surface area (TPSA) is 94.4 Å². The fourth-order valence-electron chi connectivity index (χ4n) is 2.66. The molecule has 1 amide bonds.